The number of hydrogen-bond acceptors (Lipinski definition) is 6. The van der Waals surface area contributed by atoms with E-state index in [0.29, 0.717) is 41.0 Å². The Hall–Kier alpha value is -4.26. The zero-order valence-corrected chi connectivity index (χ0v) is 21.1. The molecule has 0 aromatic heterocycles. The van der Waals surface area contributed by atoms with Crippen LogP contribution in [-0.2, 0) is 19.2 Å². The number of amides is 2. The zero-order chi connectivity index (χ0) is 26.7. The van der Waals surface area contributed by atoms with Crippen molar-refractivity contribution in [1.82, 2.24) is 0 Å². The molecule has 7 heteroatoms. The molecule has 1 heterocycles. The number of ketones is 2. The second-order valence-electron chi connectivity index (χ2n) is 10.2. The Morgan fingerprint density at radius 3 is 2.50 bits per heavy atom. The van der Waals surface area contributed by atoms with E-state index in [1.165, 1.54) is 17.0 Å². The smallest absolute Gasteiger partial charge is 0.238 e. The highest BCUT2D eigenvalue weighted by Crippen LogP contribution is 2.55. The number of anilines is 1. The number of carbonyl (C=O) groups is 4. The van der Waals surface area contributed by atoms with Gasteiger partial charge in [0.15, 0.2) is 23.1 Å². The van der Waals surface area contributed by atoms with Crippen LogP contribution in [0.25, 0.3) is 0 Å². The van der Waals surface area contributed by atoms with Crippen molar-refractivity contribution in [3.63, 3.8) is 0 Å². The lowest BCUT2D eigenvalue weighted by molar-refractivity contribution is -0.123. The van der Waals surface area contributed by atoms with Gasteiger partial charge < -0.3 is 9.84 Å². The fraction of sp³-hybridized carbons (Fsp3) is 0.290. The predicted molar refractivity (Wildman–Crippen MR) is 140 cm³/mol. The van der Waals surface area contributed by atoms with E-state index in [-0.39, 0.29) is 41.3 Å². The summed E-state index contributed by atoms with van der Waals surface area (Å²) in [7, 11) is 0. The first-order valence-electron chi connectivity index (χ1n) is 12.9. The molecule has 2 aromatic carbocycles. The van der Waals surface area contributed by atoms with Gasteiger partial charge in [-0.1, -0.05) is 35.9 Å². The molecule has 1 aliphatic heterocycles. The number of rotatable bonds is 4. The first kappa shape index (κ1) is 24.1. The first-order chi connectivity index (χ1) is 18.3. The van der Waals surface area contributed by atoms with Crippen molar-refractivity contribution in [2.24, 2.45) is 17.8 Å². The van der Waals surface area contributed by atoms with Crippen LogP contribution in [0.1, 0.15) is 38.2 Å². The fourth-order valence-electron chi connectivity index (χ4n) is 6.55. The van der Waals surface area contributed by atoms with E-state index in [1.807, 2.05) is 19.1 Å². The normalized spacial score (nSPS) is 26.5. The number of para-hydroxylation sites is 1. The van der Waals surface area contributed by atoms with Crippen LogP contribution in [0.3, 0.4) is 0 Å². The van der Waals surface area contributed by atoms with E-state index in [1.54, 1.807) is 43.3 Å². The fourth-order valence-corrected chi connectivity index (χ4v) is 6.55. The molecule has 3 aliphatic carbocycles. The monoisotopic (exact) mass is 509 g/mol. The number of aromatic hydroxyl groups is 1. The number of allylic oxidation sites excluding steroid dienone is 6. The third-order valence-corrected chi connectivity index (χ3v) is 8.20. The maximum absolute atomic E-state index is 13.8. The molecule has 192 valence electrons. The highest BCUT2D eigenvalue weighted by molar-refractivity contribution is 6.25. The van der Waals surface area contributed by atoms with Gasteiger partial charge in [0.2, 0.25) is 11.8 Å². The molecule has 1 N–H and O–H groups in total. The van der Waals surface area contributed by atoms with Crippen molar-refractivity contribution in [3.05, 3.63) is 88.5 Å². The molecular formula is C31H27NO6. The standard InChI is InChI=1S/C31H27NO6/c1-3-38-25-14-17(9-12-23(25)33)26-19-10-11-20-27(31(37)32(30(20)36)18-7-5-4-6-8-18)21(19)15-22-24(34)13-16(2)29(35)28(22)26/h4-10,12-14,20-21,26-27,33H,3,11,15H2,1-2H3. The van der Waals surface area contributed by atoms with Crippen LogP contribution in [0.2, 0.25) is 0 Å². The first-order valence-corrected chi connectivity index (χ1v) is 12.9. The van der Waals surface area contributed by atoms with Gasteiger partial charge in [0.05, 0.1) is 24.1 Å². The van der Waals surface area contributed by atoms with Crippen LogP contribution in [0.5, 0.6) is 11.5 Å². The molecule has 1 saturated heterocycles. The number of fused-ring (bicyclic) bond motifs is 3. The van der Waals surface area contributed by atoms with Crippen LogP contribution in [0.4, 0.5) is 5.69 Å². The summed E-state index contributed by atoms with van der Waals surface area (Å²) in [6, 6.07) is 13.8. The third-order valence-electron chi connectivity index (χ3n) is 8.20. The maximum atomic E-state index is 13.8. The second kappa shape index (κ2) is 8.94. The van der Waals surface area contributed by atoms with Crippen molar-refractivity contribution >= 4 is 29.1 Å². The van der Waals surface area contributed by atoms with E-state index in [4.69, 9.17) is 4.74 Å². The zero-order valence-electron chi connectivity index (χ0n) is 21.1. The Kier molecular flexibility index (Phi) is 5.67. The predicted octanol–water partition coefficient (Wildman–Crippen LogP) is 4.43. The second-order valence-corrected chi connectivity index (χ2v) is 10.2. The molecular weight excluding hydrogens is 482 g/mol. The van der Waals surface area contributed by atoms with Crippen LogP contribution in [0, 0.1) is 17.8 Å². The Morgan fingerprint density at radius 2 is 1.76 bits per heavy atom. The third kappa shape index (κ3) is 3.49. The number of phenolic OH excluding ortho intramolecular Hbond substituents is 1. The number of hydrogen-bond donors (Lipinski definition) is 1. The summed E-state index contributed by atoms with van der Waals surface area (Å²) < 4.78 is 5.62. The molecule has 0 radical (unpaired) electrons. The van der Waals surface area contributed by atoms with E-state index >= 15 is 0 Å². The Labute approximate surface area is 220 Å². The van der Waals surface area contributed by atoms with Crippen molar-refractivity contribution in [3.8, 4) is 11.5 Å². The van der Waals surface area contributed by atoms with Crippen molar-refractivity contribution in [2.75, 3.05) is 11.5 Å². The van der Waals surface area contributed by atoms with E-state index in [2.05, 4.69) is 0 Å². The van der Waals surface area contributed by atoms with Crippen molar-refractivity contribution in [2.45, 2.75) is 32.6 Å². The van der Waals surface area contributed by atoms with Crippen LogP contribution in [-0.4, -0.2) is 35.1 Å². The average molecular weight is 510 g/mol. The molecule has 0 spiro atoms. The summed E-state index contributed by atoms with van der Waals surface area (Å²) in [6.07, 6.45) is 3.95. The molecule has 6 rings (SSSR count). The highest BCUT2D eigenvalue weighted by Gasteiger charge is 2.56. The number of ether oxygens (including phenoxy) is 1. The summed E-state index contributed by atoms with van der Waals surface area (Å²) in [4.78, 5) is 55.3. The van der Waals surface area contributed by atoms with Gasteiger partial charge in [0.25, 0.3) is 0 Å². The van der Waals surface area contributed by atoms with Crippen LogP contribution >= 0.6 is 0 Å². The Bertz CT molecular complexity index is 1500. The number of carbonyl (C=O) groups excluding carboxylic acids is 4. The van der Waals surface area contributed by atoms with Crippen LogP contribution in [0.15, 0.2) is 83.0 Å². The maximum Gasteiger partial charge on any atom is 0.238 e. The average Bonchev–Trinajstić information content (AvgIpc) is 3.18. The molecule has 4 atom stereocenters. The Morgan fingerprint density at radius 1 is 1.00 bits per heavy atom. The topological polar surface area (TPSA) is 101 Å². The quantitative estimate of drug-likeness (QED) is 0.372. The summed E-state index contributed by atoms with van der Waals surface area (Å²) in [5, 5.41) is 10.3. The van der Waals surface area contributed by atoms with Gasteiger partial charge in [-0.15, -0.1) is 0 Å². The van der Waals surface area contributed by atoms with E-state index in [0.717, 1.165) is 5.57 Å². The summed E-state index contributed by atoms with van der Waals surface area (Å²) in [6.45, 7) is 3.79. The van der Waals surface area contributed by atoms with Gasteiger partial charge in [0.1, 0.15) is 0 Å². The molecule has 38 heavy (non-hydrogen) atoms. The molecule has 4 aliphatic rings. The number of imide groups is 1. The molecule has 7 nitrogen and oxygen atoms in total. The molecule has 1 fully saturated rings. The van der Waals surface area contributed by atoms with Gasteiger partial charge in [-0.25, -0.2) is 0 Å². The minimum Gasteiger partial charge on any atom is -0.504 e. The van der Waals surface area contributed by atoms with E-state index < -0.39 is 23.7 Å². The lowest BCUT2D eigenvalue weighted by atomic mass is 9.59. The minimum atomic E-state index is -0.627. The molecule has 0 bridgehead atoms. The van der Waals surface area contributed by atoms with Gasteiger partial charge in [-0.2, -0.15) is 0 Å². The minimum absolute atomic E-state index is 0.0213. The number of phenols is 1. The van der Waals surface area contributed by atoms with Gasteiger partial charge in [-0.05, 0) is 68.5 Å². The molecule has 2 amide bonds. The summed E-state index contributed by atoms with van der Waals surface area (Å²) in [5.74, 6) is -2.81. The molecule has 4 unspecified atom stereocenters. The van der Waals surface area contributed by atoms with Crippen molar-refractivity contribution < 1.29 is 29.0 Å². The van der Waals surface area contributed by atoms with Gasteiger partial charge in [-0.3, -0.25) is 24.1 Å². The SMILES string of the molecule is CCOc1cc(C2C3=CCC4C(=O)N(c5ccccc5)C(=O)C4C3CC3=C2C(=O)C(C)=CC3=O)ccc1O. The van der Waals surface area contributed by atoms with Gasteiger partial charge >= 0.3 is 0 Å². The number of benzene rings is 2. The van der Waals surface area contributed by atoms with E-state index in [9.17, 15) is 24.3 Å². The number of Topliss-reactive ketones (excluding diaryl/α,β-unsaturated/α-hetero) is 1. The lowest BCUT2D eigenvalue weighted by Gasteiger charge is -2.42. The molecule has 0 saturated carbocycles. The summed E-state index contributed by atoms with van der Waals surface area (Å²) in [5.41, 5.74) is 3.29. The van der Waals surface area contributed by atoms with Crippen molar-refractivity contribution in [1.29, 1.82) is 0 Å². The van der Waals surface area contributed by atoms with Crippen LogP contribution < -0.4 is 9.64 Å². The largest absolute Gasteiger partial charge is 0.504 e. The lowest BCUT2D eigenvalue weighted by Crippen LogP contribution is -2.39. The summed E-state index contributed by atoms with van der Waals surface area (Å²) >= 11 is 0. The van der Waals surface area contributed by atoms with Gasteiger partial charge in [0, 0.05) is 22.6 Å². The highest BCUT2D eigenvalue weighted by atomic mass is 16.5. The Balaban J connectivity index is 1.50. The number of nitrogens with zero attached hydrogens (tertiary/aromatic N) is 1. The molecule has 2 aromatic rings.